The molecule has 0 amide bonds. The van der Waals surface area contributed by atoms with Crippen molar-refractivity contribution in [1.29, 1.82) is 0 Å². The maximum Gasteiger partial charge on any atom is 0.230 e. The van der Waals surface area contributed by atoms with E-state index in [0.29, 0.717) is 24.9 Å². The van der Waals surface area contributed by atoms with E-state index in [1.54, 1.807) is 0 Å². The molecule has 7 atom stereocenters. The molecule has 0 bridgehead atoms. The van der Waals surface area contributed by atoms with Crippen LogP contribution in [0.2, 0.25) is 0 Å². The highest BCUT2D eigenvalue weighted by molar-refractivity contribution is 8.00. The van der Waals surface area contributed by atoms with Crippen molar-refractivity contribution in [3.63, 3.8) is 0 Å². The van der Waals surface area contributed by atoms with Crippen molar-refractivity contribution in [2.24, 2.45) is 22.9 Å². The summed E-state index contributed by atoms with van der Waals surface area (Å²) in [6.45, 7) is 5.50. The van der Waals surface area contributed by atoms with Crippen LogP contribution in [-0.2, 0) is 14.3 Å². The molecule has 3 aromatic carbocycles. The molecule has 2 N–H and O–H groups in total. The van der Waals surface area contributed by atoms with E-state index >= 15 is 0 Å². The number of hydrogen-bond acceptors (Lipinski definition) is 9. The second-order valence-corrected chi connectivity index (χ2v) is 17.8. The molecule has 2 heterocycles. The number of aliphatic hydroxyl groups excluding tert-OH is 2. The van der Waals surface area contributed by atoms with Crippen LogP contribution in [0, 0.1) is 17.8 Å². The molecule has 7 unspecified atom stereocenters. The summed E-state index contributed by atoms with van der Waals surface area (Å²) in [5, 5.41) is 27.6. The Hall–Kier alpha value is -3.34. The fourth-order valence-corrected chi connectivity index (χ4v) is 11.8. The highest BCUT2D eigenvalue weighted by Crippen LogP contribution is 2.63. The molecule has 0 spiro atoms. The SMILES string of the molecule is C=CCOC12Oc3ccc(Oc4ccc5ccccc5c4)cc3C3C(CCCCO)C(CCCCO)C=C(C(=NOC4CCCCO4)CC1SC1CCCC1)C32. The smallest absolute Gasteiger partial charge is 0.230 e. The van der Waals surface area contributed by atoms with Gasteiger partial charge in [-0.15, -0.1) is 18.3 Å². The first-order valence-electron chi connectivity index (χ1n) is 21.3. The standard InChI is InChI=1S/C47H59NO7S/c1-2-26-52-47-43(56-37-16-5-6-17-37)31-41(48-55-44-19-9-12-27-51-44)39-29-34(15-7-10-24-49)38(18-8-11-25-50)45(46(39)47)40-30-36(22-23-42(40)54-47)53-35-21-20-32-13-3-4-14-33(32)28-35/h2-4,13-14,20-23,28-30,34,37-38,43-46,49-50H,1,5-12,15-19,24-27,31H2. The first-order chi connectivity index (χ1) is 27.6. The number of allylic oxidation sites excluding steroid dienone is 1. The van der Waals surface area contributed by atoms with Gasteiger partial charge in [0.1, 0.15) is 17.2 Å². The van der Waals surface area contributed by atoms with Gasteiger partial charge in [-0.1, -0.05) is 73.3 Å². The lowest BCUT2D eigenvalue weighted by molar-refractivity contribution is -0.223. The molecule has 2 aliphatic heterocycles. The number of ether oxygens (including phenoxy) is 4. The molecule has 3 aromatic rings. The molecule has 5 aliphatic rings. The molecular formula is C47H59NO7S. The lowest BCUT2D eigenvalue weighted by Crippen LogP contribution is -2.64. The minimum Gasteiger partial charge on any atom is -0.460 e. The molecule has 8 rings (SSSR count). The van der Waals surface area contributed by atoms with Gasteiger partial charge in [0.15, 0.2) is 0 Å². The normalized spacial score (nSPS) is 29.3. The molecule has 300 valence electrons. The monoisotopic (exact) mass is 781 g/mol. The number of oxime groups is 1. The number of fused-ring (bicyclic) bond motifs is 3. The number of hydrogen-bond donors (Lipinski definition) is 2. The molecule has 3 fully saturated rings. The fourth-order valence-electron chi connectivity index (χ4n) is 10.0. The summed E-state index contributed by atoms with van der Waals surface area (Å²) in [5.74, 6) is 1.75. The van der Waals surface area contributed by atoms with Crippen molar-refractivity contribution >= 4 is 28.2 Å². The molecule has 0 aromatic heterocycles. The van der Waals surface area contributed by atoms with Crippen LogP contribution in [0.1, 0.15) is 101 Å². The Balaban J connectivity index is 1.26. The van der Waals surface area contributed by atoms with Gasteiger partial charge in [-0.05, 0) is 110 Å². The summed E-state index contributed by atoms with van der Waals surface area (Å²) < 4.78 is 27.2. The topological polar surface area (TPSA) is 99.0 Å². The molecular weight excluding hydrogens is 723 g/mol. The number of aliphatic hydroxyl groups is 2. The zero-order valence-electron chi connectivity index (χ0n) is 32.7. The van der Waals surface area contributed by atoms with Crippen molar-refractivity contribution in [3.8, 4) is 17.2 Å². The first kappa shape index (κ1) is 39.5. The predicted molar refractivity (Wildman–Crippen MR) is 224 cm³/mol. The molecule has 8 nitrogen and oxygen atoms in total. The van der Waals surface area contributed by atoms with Gasteiger partial charge >= 0.3 is 0 Å². The Bertz CT molecular complexity index is 1850. The van der Waals surface area contributed by atoms with Crippen LogP contribution in [0.15, 0.2) is 90.1 Å². The van der Waals surface area contributed by atoms with Gasteiger partial charge in [0.05, 0.1) is 30.1 Å². The summed E-state index contributed by atoms with van der Waals surface area (Å²) >= 11 is 2.02. The van der Waals surface area contributed by atoms with Crippen molar-refractivity contribution in [1.82, 2.24) is 0 Å². The molecule has 3 aliphatic carbocycles. The predicted octanol–water partition coefficient (Wildman–Crippen LogP) is 10.5. The van der Waals surface area contributed by atoms with Gasteiger partial charge < -0.3 is 34.0 Å². The molecule has 2 saturated carbocycles. The lowest BCUT2D eigenvalue weighted by atomic mass is 9.56. The van der Waals surface area contributed by atoms with Crippen LogP contribution in [0.25, 0.3) is 10.8 Å². The Morgan fingerprint density at radius 3 is 2.43 bits per heavy atom. The van der Waals surface area contributed by atoms with Gasteiger partial charge in [-0.25, -0.2) is 0 Å². The van der Waals surface area contributed by atoms with Crippen molar-refractivity contribution in [2.45, 2.75) is 118 Å². The van der Waals surface area contributed by atoms with Gasteiger partial charge in [0.25, 0.3) is 0 Å². The number of benzene rings is 3. The number of unbranched alkanes of at least 4 members (excludes halogenated alkanes) is 2. The van der Waals surface area contributed by atoms with E-state index in [4.69, 9.17) is 28.9 Å². The van der Waals surface area contributed by atoms with Gasteiger partial charge in [-0.2, -0.15) is 0 Å². The zero-order chi connectivity index (χ0) is 38.3. The van der Waals surface area contributed by atoms with Crippen LogP contribution in [0.5, 0.6) is 17.2 Å². The Labute approximate surface area is 336 Å². The van der Waals surface area contributed by atoms with E-state index in [9.17, 15) is 10.2 Å². The fraction of sp³-hybridized carbons (Fsp3) is 0.553. The Morgan fingerprint density at radius 1 is 0.875 bits per heavy atom. The maximum absolute atomic E-state index is 9.96. The second kappa shape index (κ2) is 18.5. The third-order valence-electron chi connectivity index (χ3n) is 12.7. The average molecular weight is 782 g/mol. The van der Waals surface area contributed by atoms with E-state index < -0.39 is 5.79 Å². The highest BCUT2D eigenvalue weighted by Gasteiger charge is 2.64. The van der Waals surface area contributed by atoms with Crippen LogP contribution in [-0.4, -0.2) is 64.9 Å². The first-order valence-corrected chi connectivity index (χ1v) is 22.2. The van der Waals surface area contributed by atoms with E-state index in [2.05, 4.69) is 61.2 Å². The zero-order valence-corrected chi connectivity index (χ0v) is 33.5. The second-order valence-electron chi connectivity index (χ2n) is 16.3. The van der Waals surface area contributed by atoms with E-state index in [1.807, 2.05) is 30.0 Å². The summed E-state index contributed by atoms with van der Waals surface area (Å²) in [4.78, 5) is 6.29. The Kier molecular flexibility index (Phi) is 13.0. The summed E-state index contributed by atoms with van der Waals surface area (Å²) in [7, 11) is 0. The summed E-state index contributed by atoms with van der Waals surface area (Å²) in [6.07, 6.45) is 17.7. The number of rotatable bonds is 17. The van der Waals surface area contributed by atoms with Gasteiger partial charge in [0.2, 0.25) is 12.1 Å². The molecule has 56 heavy (non-hydrogen) atoms. The summed E-state index contributed by atoms with van der Waals surface area (Å²) in [5.41, 5.74) is 3.25. The van der Waals surface area contributed by atoms with Crippen LogP contribution >= 0.6 is 11.8 Å². The van der Waals surface area contributed by atoms with Crippen LogP contribution < -0.4 is 9.47 Å². The van der Waals surface area contributed by atoms with Crippen LogP contribution in [0.3, 0.4) is 0 Å². The maximum atomic E-state index is 9.96. The lowest BCUT2D eigenvalue weighted by Gasteiger charge is -2.58. The van der Waals surface area contributed by atoms with Crippen LogP contribution in [0.4, 0.5) is 0 Å². The highest BCUT2D eigenvalue weighted by atomic mass is 32.2. The van der Waals surface area contributed by atoms with Crippen molar-refractivity contribution in [3.05, 3.63) is 90.5 Å². The largest absolute Gasteiger partial charge is 0.460 e. The van der Waals surface area contributed by atoms with Gasteiger partial charge in [0, 0.05) is 42.8 Å². The third-order valence-corrected chi connectivity index (χ3v) is 14.3. The molecule has 9 heteroatoms. The van der Waals surface area contributed by atoms with E-state index in [-0.39, 0.29) is 48.4 Å². The molecule has 1 saturated heterocycles. The third kappa shape index (κ3) is 8.44. The number of thioether (sulfide) groups is 1. The minimum atomic E-state index is -0.961. The molecule has 0 radical (unpaired) electrons. The Morgan fingerprint density at radius 2 is 1.64 bits per heavy atom. The van der Waals surface area contributed by atoms with Crippen molar-refractivity contribution < 1.29 is 34.0 Å². The number of nitrogens with zero attached hydrogens (tertiary/aromatic N) is 1. The quantitative estimate of drug-likeness (QED) is 0.0794. The van der Waals surface area contributed by atoms with E-state index in [0.717, 1.165) is 97.3 Å². The van der Waals surface area contributed by atoms with E-state index in [1.165, 1.54) is 31.1 Å². The summed E-state index contributed by atoms with van der Waals surface area (Å²) in [6, 6.07) is 20.9. The van der Waals surface area contributed by atoms with Crippen molar-refractivity contribution in [2.75, 3.05) is 26.4 Å². The van der Waals surface area contributed by atoms with Gasteiger partial charge in [-0.3, -0.25) is 0 Å². The average Bonchev–Trinajstić information content (AvgIpc) is 3.75. The minimum absolute atomic E-state index is 0.0182.